The predicted octanol–water partition coefficient (Wildman–Crippen LogP) is 5.08. The molecule has 1 aliphatic heterocycles. The average molecular weight is 659 g/mol. The van der Waals surface area contributed by atoms with Crippen molar-refractivity contribution in [2.75, 3.05) is 59.0 Å². The third kappa shape index (κ3) is 6.80. The van der Waals surface area contributed by atoms with E-state index in [0.717, 1.165) is 31.2 Å². The highest BCUT2D eigenvalue weighted by Gasteiger charge is 2.30. The highest BCUT2D eigenvalue weighted by molar-refractivity contribution is 7.89. The molecule has 44 heavy (non-hydrogen) atoms. The lowest BCUT2D eigenvalue weighted by molar-refractivity contribution is 0.102. The Morgan fingerprint density at radius 1 is 1.02 bits per heavy atom. The lowest BCUT2D eigenvalue weighted by Gasteiger charge is -2.26. The number of anilines is 1. The molecule has 1 N–H and O–H groups in total. The Balaban J connectivity index is 1.43. The summed E-state index contributed by atoms with van der Waals surface area (Å²) in [5.41, 5.74) is 3.09. The minimum Gasteiger partial charge on any atom is -0.450 e. The number of carbonyl (C=O) groups excluding carboxylic acids is 2. The van der Waals surface area contributed by atoms with E-state index in [0.29, 0.717) is 36.7 Å². The molecule has 0 unspecified atom stereocenters. The topological polar surface area (TPSA) is 127 Å². The molecule has 0 spiro atoms. The summed E-state index contributed by atoms with van der Waals surface area (Å²) in [6.07, 6.45) is 0.234. The number of benzene rings is 2. The Bertz CT molecular complexity index is 1690. The number of aromatic nitrogens is 1. The summed E-state index contributed by atoms with van der Waals surface area (Å²) >= 11 is 2.96. The fourth-order valence-electron chi connectivity index (χ4n) is 4.91. The standard InChI is InChI=1S/C30H34N4O7S3/c1-4-41-30(36)33-14-13-22-25(19-33)43-29(26(22)28-31-23-7-5-6-8-24(23)42-28)32-27(35)20-9-11-21(12-10-20)44(37,38)34(15-17-39-2)16-18-40-3/h5-12H,4,13-19H2,1-3H3,(H,32,35). The number of fused-ring (bicyclic) bond motifs is 2. The summed E-state index contributed by atoms with van der Waals surface area (Å²) in [6.45, 7) is 3.77. The van der Waals surface area contributed by atoms with Gasteiger partial charge in [-0.05, 0) is 55.3 Å². The van der Waals surface area contributed by atoms with Gasteiger partial charge in [0.2, 0.25) is 10.0 Å². The van der Waals surface area contributed by atoms with E-state index in [1.54, 1.807) is 23.2 Å². The van der Waals surface area contributed by atoms with E-state index in [9.17, 15) is 18.0 Å². The van der Waals surface area contributed by atoms with Crippen LogP contribution in [0.15, 0.2) is 53.4 Å². The van der Waals surface area contributed by atoms with Crippen molar-refractivity contribution in [3.63, 3.8) is 0 Å². The van der Waals surface area contributed by atoms with Crippen LogP contribution in [0.4, 0.5) is 9.80 Å². The lowest BCUT2D eigenvalue weighted by Crippen LogP contribution is -2.36. The first-order valence-electron chi connectivity index (χ1n) is 14.1. The molecule has 0 bridgehead atoms. The molecule has 1 aliphatic rings. The van der Waals surface area contributed by atoms with Gasteiger partial charge >= 0.3 is 6.09 Å². The second kappa shape index (κ2) is 14.1. The van der Waals surface area contributed by atoms with E-state index in [4.69, 9.17) is 19.2 Å². The van der Waals surface area contributed by atoms with E-state index >= 15 is 0 Å². The van der Waals surface area contributed by atoms with Crippen LogP contribution in [0.3, 0.4) is 0 Å². The molecule has 0 fully saturated rings. The number of rotatable bonds is 12. The van der Waals surface area contributed by atoms with Gasteiger partial charge in [-0.3, -0.25) is 4.79 Å². The van der Waals surface area contributed by atoms with E-state index in [-0.39, 0.29) is 43.2 Å². The van der Waals surface area contributed by atoms with E-state index in [2.05, 4.69) is 5.32 Å². The molecule has 0 saturated carbocycles. The molecule has 11 nitrogen and oxygen atoms in total. The van der Waals surface area contributed by atoms with Crippen molar-refractivity contribution in [1.29, 1.82) is 0 Å². The SMILES string of the molecule is CCOC(=O)N1CCc2c(sc(NC(=O)c3ccc(S(=O)(=O)N(CCOC)CCOC)cc3)c2-c2nc3ccccc3s2)C1. The van der Waals surface area contributed by atoms with Crippen molar-refractivity contribution in [1.82, 2.24) is 14.2 Å². The fourth-order valence-corrected chi connectivity index (χ4v) is 8.69. The summed E-state index contributed by atoms with van der Waals surface area (Å²) in [4.78, 5) is 33.5. The molecule has 0 radical (unpaired) electrons. The third-order valence-electron chi connectivity index (χ3n) is 7.16. The molecule has 3 heterocycles. The number of nitrogens with zero attached hydrogens (tertiary/aromatic N) is 3. The van der Waals surface area contributed by atoms with Crippen LogP contribution < -0.4 is 5.32 Å². The van der Waals surface area contributed by atoms with Crippen molar-refractivity contribution >= 4 is 59.9 Å². The molecule has 2 amide bonds. The first-order valence-corrected chi connectivity index (χ1v) is 17.2. The number of hydrogen-bond donors (Lipinski definition) is 1. The minimum atomic E-state index is -3.83. The van der Waals surface area contributed by atoms with Gasteiger partial charge in [-0.25, -0.2) is 18.2 Å². The molecule has 234 valence electrons. The molecule has 5 rings (SSSR count). The second-order valence-electron chi connectivity index (χ2n) is 9.93. The zero-order valence-corrected chi connectivity index (χ0v) is 27.1. The molecule has 2 aromatic heterocycles. The number of carbonyl (C=O) groups is 2. The maximum atomic E-state index is 13.5. The Labute approximate surface area is 264 Å². The zero-order valence-electron chi connectivity index (χ0n) is 24.7. The van der Waals surface area contributed by atoms with Crippen molar-refractivity contribution in [3.8, 4) is 10.6 Å². The Hall–Kier alpha value is -3.40. The van der Waals surface area contributed by atoms with Crippen LogP contribution in [-0.2, 0) is 37.2 Å². The molecule has 0 atom stereocenters. The van der Waals surface area contributed by atoms with Gasteiger partial charge in [0.25, 0.3) is 5.91 Å². The Kier molecular flexibility index (Phi) is 10.3. The van der Waals surface area contributed by atoms with Gasteiger partial charge in [0.1, 0.15) is 10.0 Å². The van der Waals surface area contributed by atoms with Crippen molar-refractivity contribution in [2.24, 2.45) is 0 Å². The van der Waals surface area contributed by atoms with E-state index in [1.165, 1.54) is 54.1 Å². The van der Waals surface area contributed by atoms with Crippen LogP contribution in [-0.4, -0.2) is 88.3 Å². The number of ether oxygens (including phenoxy) is 3. The maximum Gasteiger partial charge on any atom is 0.410 e. The highest BCUT2D eigenvalue weighted by atomic mass is 32.2. The van der Waals surface area contributed by atoms with Crippen molar-refractivity contribution in [2.45, 2.75) is 24.8 Å². The minimum absolute atomic E-state index is 0.0714. The first kappa shape index (κ1) is 32.0. The van der Waals surface area contributed by atoms with Gasteiger partial charge in [0.05, 0.1) is 41.5 Å². The van der Waals surface area contributed by atoms with Crippen LogP contribution >= 0.6 is 22.7 Å². The van der Waals surface area contributed by atoms with Crippen LogP contribution in [0, 0.1) is 0 Å². The van der Waals surface area contributed by atoms with Crippen LogP contribution in [0.25, 0.3) is 20.8 Å². The number of thiophene rings is 1. The summed E-state index contributed by atoms with van der Waals surface area (Å²) in [6, 6.07) is 13.7. The van der Waals surface area contributed by atoms with Crippen LogP contribution in [0.2, 0.25) is 0 Å². The van der Waals surface area contributed by atoms with Crippen LogP contribution in [0.1, 0.15) is 27.7 Å². The Morgan fingerprint density at radius 3 is 2.39 bits per heavy atom. The quantitative estimate of drug-likeness (QED) is 0.224. The number of hydrogen-bond acceptors (Lipinski definition) is 10. The molecule has 0 aliphatic carbocycles. The molecule has 2 aromatic carbocycles. The lowest BCUT2D eigenvalue weighted by atomic mass is 10.0. The first-order chi connectivity index (χ1) is 21.3. The van der Waals surface area contributed by atoms with Gasteiger partial charge in [-0.2, -0.15) is 4.31 Å². The maximum absolute atomic E-state index is 13.5. The van der Waals surface area contributed by atoms with Gasteiger partial charge in [0, 0.05) is 49.9 Å². The molecular weight excluding hydrogens is 625 g/mol. The predicted molar refractivity (Wildman–Crippen MR) is 171 cm³/mol. The number of thiazole rings is 1. The Morgan fingerprint density at radius 2 is 1.73 bits per heavy atom. The fraction of sp³-hybridized carbons (Fsp3) is 0.367. The van der Waals surface area contributed by atoms with E-state index < -0.39 is 10.0 Å². The summed E-state index contributed by atoms with van der Waals surface area (Å²) in [7, 11) is -0.805. The van der Waals surface area contributed by atoms with E-state index in [1.807, 2.05) is 24.3 Å². The zero-order chi connectivity index (χ0) is 31.3. The number of nitrogens with one attached hydrogen (secondary N) is 1. The van der Waals surface area contributed by atoms with Crippen molar-refractivity contribution in [3.05, 3.63) is 64.5 Å². The monoisotopic (exact) mass is 658 g/mol. The van der Waals surface area contributed by atoms with Gasteiger partial charge in [-0.1, -0.05) is 12.1 Å². The number of para-hydroxylation sites is 1. The molecule has 0 saturated heterocycles. The smallest absolute Gasteiger partial charge is 0.410 e. The summed E-state index contributed by atoms with van der Waals surface area (Å²) in [5, 5.41) is 4.47. The third-order valence-corrected chi connectivity index (χ3v) is 11.3. The molecular formula is C30H34N4O7S3. The highest BCUT2D eigenvalue weighted by Crippen LogP contribution is 2.46. The average Bonchev–Trinajstić information content (AvgIpc) is 3.61. The summed E-state index contributed by atoms with van der Waals surface area (Å²) in [5.74, 6) is -0.382. The van der Waals surface area contributed by atoms with Gasteiger partial charge < -0.3 is 24.4 Å². The largest absolute Gasteiger partial charge is 0.450 e. The van der Waals surface area contributed by atoms with Crippen LogP contribution in [0.5, 0.6) is 0 Å². The summed E-state index contributed by atoms with van der Waals surface area (Å²) < 4.78 is 44.3. The van der Waals surface area contributed by atoms with Gasteiger partial charge in [-0.15, -0.1) is 22.7 Å². The number of amides is 2. The second-order valence-corrected chi connectivity index (χ2v) is 14.0. The molecule has 14 heteroatoms. The number of methoxy groups -OCH3 is 2. The van der Waals surface area contributed by atoms with Gasteiger partial charge in [0.15, 0.2) is 0 Å². The normalized spacial score (nSPS) is 13.3. The number of sulfonamides is 1. The molecule has 4 aromatic rings. The van der Waals surface area contributed by atoms with Crippen molar-refractivity contribution < 1.29 is 32.2 Å².